The van der Waals surface area contributed by atoms with E-state index in [4.69, 9.17) is 15.2 Å². The van der Waals surface area contributed by atoms with Crippen molar-refractivity contribution in [1.29, 1.82) is 0 Å². The molecule has 3 nitrogen and oxygen atoms in total. The molecule has 0 amide bonds. The zero-order chi connectivity index (χ0) is 11.2. The monoisotopic (exact) mass is 225 g/mol. The van der Waals surface area contributed by atoms with Gasteiger partial charge in [0.1, 0.15) is 0 Å². The normalized spacial score (nSPS) is 51.4. The molecule has 3 aliphatic rings. The Hall–Kier alpha value is -0.120. The van der Waals surface area contributed by atoms with Gasteiger partial charge in [0.15, 0.2) is 0 Å². The zero-order valence-corrected chi connectivity index (χ0v) is 10.2. The van der Waals surface area contributed by atoms with Gasteiger partial charge in [0.05, 0.1) is 25.4 Å². The van der Waals surface area contributed by atoms with Crippen LogP contribution in [0.2, 0.25) is 0 Å². The van der Waals surface area contributed by atoms with Crippen molar-refractivity contribution in [2.24, 2.45) is 11.1 Å². The molecule has 3 rings (SSSR count). The minimum Gasteiger partial charge on any atom is -0.373 e. The molecule has 2 aliphatic heterocycles. The van der Waals surface area contributed by atoms with Crippen molar-refractivity contribution in [3.63, 3.8) is 0 Å². The van der Waals surface area contributed by atoms with Gasteiger partial charge in [-0.1, -0.05) is 12.8 Å². The topological polar surface area (TPSA) is 51.1 Å². The molecular formula is C13H23NO2. The molecule has 3 unspecified atom stereocenters. The van der Waals surface area contributed by atoms with Gasteiger partial charge in [0, 0.05) is 5.54 Å². The average Bonchev–Trinajstić information content (AvgIpc) is 3.06. The summed E-state index contributed by atoms with van der Waals surface area (Å²) in [5.41, 5.74) is 6.84. The Labute approximate surface area is 97.7 Å². The Morgan fingerprint density at radius 2 is 1.56 bits per heavy atom. The van der Waals surface area contributed by atoms with E-state index in [1.165, 1.54) is 19.3 Å². The minimum atomic E-state index is -0.0247. The minimum absolute atomic E-state index is 0.0247. The van der Waals surface area contributed by atoms with Crippen LogP contribution < -0.4 is 5.73 Å². The highest BCUT2D eigenvalue weighted by atomic mass is 16.6. The fourth-order valence-corrected chi connectivity index (χ4v) is 3.50. The van der Waals surface area contributed by atoms with Crippen molar-refractivity contribution in [2.75, 3.05) is 13.2 Å². The van der Waals surface area contributed by atoms with Crippen LogP contribution in [0, 0.1) is 5.41 Å². The summed E-state index contributed by atoms with van der Waals surface area (Å²) in [5.74, 6) is 0. The van der Waals surface area contributed by atoms with Crippen molar-refractivity contribution >= 4 is 0 Å². The highest BCUT2D eigenvalue weighted by Gasteiger charge is 2.52. The third-order valence-corrected chi connectivity index (χ3v) is 4.85. The maximum Gasteiger partial charge on any atom is 0.0816 e. The lowest BCUT2D eigenvalue weighted by Crippen LogP contribution is -2.56. The summed E-state index contributed by atoms with van der Waals surface area (Å²) in [7, 11) is 0. The summed E-state index contributed by atoms with van der Waals surface area (Å²) in [6.07, 6.45) is 8.31. The molecule has 2 saturated heterocycles. The third kappa shape index (κ3) is 2.01. The van der Waals surface area contributed by atoms with Crippen molar-refractivity contribution in [2.45, 2.75) is 63.2 Å². The van der Waals surface area contributed by atoms with Gasteiger partial charge in [0.2, 0.25) is 0 Å². The molecule has 0 aromatic carbocycles. The van der Waals surface area contributed by atoms with Crippen LogP contribution in [0.4, 0.5) is 0 Å². The maximum atomic E-state index is 6.60. The Morgan fingerprint density at radius 3 is 2.00 bits per heavy atom. The average molecular weight is 225 g/mol. The molecular weight excluding hydrogens is 202 g/mol. The van der Waals surface area contributed by atoms with Gasteiger partial charge in [-0.15, -0.1) is 0 Å². The van der Waals surface area contributed by atoms with Crippen molar-refractivity contribution < 1.29 is 9.47 Å². The SMILES string of the molecule is CC1(N)CCCCC1(CC1CO1)CC1CO1. The second kappa shape index (κ2) is 3.69. The fraction of sp³-hybridized carbons (Fsp3) is 1.00. The molecule has 2 N–H and O–H groups in total. The first-order valence-electron chi connectivity index (χ1n) is 6.63. The molecule has 92 valence electrons. The van der Waals surface area contributed by atoms with E-state index < -0.39 is 0 Å². The molecule has 0 aromatic heterocycles. The number of hydrogen-bond donors (Lipinski definition) is 1. The largest absolute Gasteiger partial charge is 0.373 e. The number of epoxide rings is 2. The van der Waals surface area contributed by atoms with Crippen LogP contribution in [0.25, 0.3) is 0 Å². The van der Waals surface area contributed by atoms with Crippen LogP contribution in [-0.4, -0.2) is 31.0 Å². The molecule has 1 saturated carbocycles. The molecule has 3 fully saturated rings. The first kappa shape index (κ1) is 11.0. The van der Waals surface area contributed by atoms with Crippen LogP contribution in [0.3, 0.4) is 0 Å². The molecule has 3 atom stereocenters. The molecule has 0 bridgehead atoms. The van der Waals surface area contributed by atoms with Gasteiger partial charge >= 0.3 is 0 Å². The lowest BCUT2D eigenvalue weighted by Gasteiger charge is -2.50. The molecule has 3 heteroatoms. The predicted octanol–water partition coefficient (Wildman–Crippen LogP) is 1.84. The van der Waals surface area contributed by atoms with Gasteiger partial charge in [-0.3, -0.25) is 0 Å². The van der Waals surface area contributed by atoms with E-state index >= 15 is 0 Å². The van der Waals surface area contributed by atoms with E-state index in [2.05, 4.69) is 6.92 Å². The number of rotatable bonds is 4. The number of nitrogens with two attached hydrogens (primary N) is 1. The second-order valence-corrected chi connectivity index (χ2v) is 6.22. The summed E-state index contributed by atoms with van der Waals surface area (Å²) in [5, 5.41) is 0. The van der Waals surface area contributed by atoms with Crippen LogP contribution in [0.15, 0.2) is 0 Å². The summed E-state index contributed by atoms with van der Waals surface area (Å²) < 4.78 is 10.9. The summed E-state index contributed by atoms with van der Waals surface area (Å²) in [4.78, 5) is 0. The van der Waals surface area contributed by atoms with Gasteiger partial charge < -0.3 is 15.2 Å². The van der Waals surface area contributed by atoms with E-state index in [0.717, 1.165) is 32.5 Å². The van der Waals surface area contributed by atoms with Crippen LogP contribution in [-0.2, 0) is 9.47 Å². The van der Waals surface area contributed by atoms with Crippen molar-refractivity contribution in [3.8, 4) is 0 Å². The standard InChI is InChI=1S/C13H23NO2/c1-12(14)4-2-3-5-13(12,6-10-8-15-10)7-11-9-16-11/h10-11H,2-9,14H2,1H3. The van der Waals surface area contributed by atoms with Crippen LogP contribution >= 0.6 is 0 Å². The maximum absolute atomic E-state index is 6.60. The Kier molecular flexibility index (Phi) is 2.54. The molecule has 16 heavy (non-hydrogen) atoms. The fourth-order valence-electron chi connectivity index (χ4n) is 3.50. The Morgan fingerprint density at radius 1 is 1.06 bits per heavy atom. The van der Waals surface area contributed by atoms with Gasteiger partial charge in [0.25, 0.3) is 0 Å². The summed E-state index contributed by atoms with van der Waals surface area (Å²) in [6, 6.07) is 0. The zero-order valence-electron chi connectivity index (χ0n) is 10.2. The lowest BCUT2D eigenvalue weighted by molar-refractivity contribution is 0.0378. The molecule has 1 aliphatic carbocycles. The number of hydrogen-bond acceptors (Lipinski definition) is 3. The molecule has 2 heterocycles. The molecule has 0 aromatic rings. The van der Waals surface area contributed by atoms with Gasteiger partial charge in [-0.2, -0.15) is 0 Å². The highest BCUT2D eigenvalue weighted by molar-refractivity contribution is 5.06. The van der Waals surface area contributed by atoms with Crippen molar-refractivity contribution in [1.82, 2.24) is 0 Å². The molecule has 0 spiro atoms. The quantitative estimate of drug-likeness (QED) is 0.743. The van der Waals surface area contributed by atoms with E-state index in [-0.39, 0.29) is 11.0 Å². The number of ether oxygens (including phenoxy) is 2. The predicted molar refractivity (Wildman–Crippen MR) is 62.2 cm³/mol. The first-order chi connectivity index (χ1) is 7.61. The highest BCUT2D eigenvalue weighted by Crippen LogP contribution is 2.52. The van der Waals surface area contributed by atoms with E-state index in [1.54, 1.807) is 0 Å². The third-order valence-electron chi connectivity index (χ3n) is 4.85. The molecule has 0 radical (unpaired) electrons. The van der Waals surface area contributed by atoms with E-state index in [1.807, 2.05) is 0 Å². The Bertz CT molecular complexity index is 255. The lowest BCUT2D eigenvalue weighted by atomic mass is 9.58. The second-order valence-electron chi connectivity index (χ2n) is 6.22. The smallest absolute Gasteiger partial charge is 0.0816 e. The van der Waals surface area contributed by atoms with Crippen molar-refractivity contribution in [3.05, 3.63) is 0 Å². The van der Waals surface area contributed by atoms with Gasteiger partial charge in [-0.25, -0.2) is 0 Å². The van der Waals surface area contributed by atoms with Crippen LogP contribution in [0.1, 0.15) is 45.4 Å². The van der Waals surface area contributed by atoms with Crippen LogP contribution in [0.5, 0.6) is 0 Å². The van der Waals surface area contributed by atoms with E-state index in [9.17, 15) is 0 Å². The van der Waals surface area contributed by atoms with Gasteiger partial charge in [-0.05, 0) is 38.0 Å². The summed E-state index contributed by atoms with van der Waals surface area (Å²) in [6.45, 7) is 4.14. The summed E-state index contributed by atoms with van der Waals surface area (Å²) >= 11 is 0. The van der Waals surface area contributed by atoms with E-state index in [0.29, 0.717) is 12.2 Å². The Balaban J connectivity index is 1.78. The first-order valence-corrected chi connectivity index (χ1v) is 6.63.